The SMILES string of the molecule is Cc1cc(C(=O)Nc2ccc(-n3ncc4cc(NC(=O)c5ccc(N6CCC(O)CC6)cc5)ccc43)cc2)ccn1. The van der Waals surface area contributed by atoms with Crippen LogP contribution in [0.25, 0.3) is 16.6 Å². The third kappa shape index (κ3) is 5.80. The number of aryl methyl sites for hydroxylation is 1. The topological polar surface area (TPSA) is 112 Å². The van der Waals surface area contributed by atoms with Crippen LogP contribution >= 0.6 is 0 Å². The largest absolute Gasteiger partial charge is 0.393 e. The number of piperidine rings is 1. The van der Waals surface area contributed by atoms with E-state index in [1.807, 2.05) is 78.3 Å². The van der Waals surface area contributed by atoms with Crippen molar-refractivity contribution in [2.75, 3.05) is 28.6 Å². The van der Waals surface area contributed by atoms with Gasteiger partial charge in [-0.25, -0.2) is 4.68 Å². The van der Waals surface area contributed by atoms with E-state index in [2.05, 4.69) is 25.6 Å². The summed E-state index contributed by atoms with van der Waals surface area (Å²) in [7, 11) is 0. The minimum Gasteiger partial charge on any atom is -0.393 e. The quantitative estimate of drug-likeness (QED) is 0.270. The number of aliphatic hydroxyl groups excluding tert-OH is 1. The van der Waals surface area contributed by atoms with Gasteiger partial charge in [0.15, 0.2) is 0 Å². The van der Waals surface area contributed by atoms with E-state index in [0.29, 0.717) is 22.5 Å². The summed E-state index contributed by atoms with van der Waals surface area (Å²) < 4.78 is 1.82. The predicted octanol–water partition coefficient (Wildman–Crippen LogP) is 5.19. The van der Waals surface area contributed by atoms with Gasteiger partial charge in [0.1, 0.15) is 0 Å². The predicted molar refractivity (Wildman–Crippen MR) is 160 cm³/mol. The number of pyridine rings is 1. The highest BCUT2D eigenvalue weighted by molar-refractivity contribution is 6.05. The molecule has 0 unspecified atom stereocenters. The molecular formula is C32H30N6O3. The Morgan fingerprint density at radius 1 is 0.805 bits per heavy atom. The Morgan fingerprint density at radius 3 is 2.20 bits per heavy atom. The van der Waals surface area contributed by atoms with E-state index in [9.17, 15) is 14.7 Å². The van der Waals surface area contributed by atoms with Crippen molar-refractivity contribution in [1.29, 1.82) is 0 Å². The molecule has 3 aromatic carbocycles. The van der Waals surface area contributed by atoms with E-state index in [1.165, 1.54) is 0 Å². The summed E-state index contributed by atoms with van der Waals surface area (Å²) in [6, 6.07) is 24.1. The fourth-order valence-corrected chi connectivity index (χ4v) is 5.04. The average molecular weight is 547 g/mol. The van der Waals surface area contributed by atoms with Crippen LogP contribution in [-0.4, -0.2) is 50.9 Å². The van der Waals surface area contributed by atoms with E-state index in [4.69, 9.17) is 0 Å². The second-order valence-corrected chi connectivity index (χ2v) is 10.2. The zero-order valence-corrected chi connectivity index (χ0v) is 22.6. The highest BCUT2D eigenvalue weighted by Crippen LogP contribution is 2.25. The van der Waals surface area contributed by atoms with Gasteiger partial charge in [-0.05, 0) is 98.6 Å². The van der Waals surface area contributed by atoms with Gasteiger partial charge in [-0.2, -0.15) is 5.10 Å². The van der Waals surface area contributed by atoms with Crippen LogP contribution in [-0.2, 0) is 0 Å². The fourth-order valence-electron chi connectivity index (χ4n) is 5.04. The van der Waals surface area contributed by atoms with E-state index in [1.54, 1.807) is 24.5 Å². The van der Waals surface area contributed by atoms with Crippen molar-refractivity contribution in [1.82, 2.24) is 14.8 Å². The van der Waals surface area contributed by atoms with Gasteiger partial charge in [-0.15, -0.1) is 0 Å². The van der Waals surface area contributed by atoms with Gasteiger partial charge in [0.2, 0.25) is 0 Å². The second kappa shape index (κ2) is 11.2. The molecule has 1 aliphatic rings. The van der Waals surface area contributed by atoms with E-state index < -0.39 is 0 Å². The zero-order valence-electron chi connectivity index (χ0n) is 22.6. The molecule has 3 N–H and O–H groups in total. The van der Waals surface area contributed by atoms with Gasteiger partial charge in [0.25, 0.3) is 11.8 Å². The van der Waals surface area contributed by atoms with Gasteiger partial charge < -0.3 is 20.6 Å². The fraction of sp³-hybridized carbons (Fsp3) is 0.188. The molecule has 206 valence electrons. The first-order valence-electron chi connectivity index (χ1n) is 13.6. The maximum Gasteiger partial charge on any atom is 0.255 e. The molecule has 0 saturated carbocycles. The Hall–Kier alpha value is -5.02. The van der Waals surface area contributed by atoms with Crippen LogP contribution in [0.2, 0.25) is 0 Å². The lowest BCUT2D eigenvalue weighted by atomic mass is 10.1. The standard InChI is InChI=1S/C32H30N6O3/c1-21-18-23(12-15-33-21)32(41)35-25-4-9-28(10-5-25)38-30-11-6-26(19-24(30)20-34-38)36-31(40)22-2-7-27(8-3-22)37-16-13-29(39)14-17-37/h2-12,15,18-20,29,39H,13-14,16-17H2,1H3,(H,35,41)(H,36,40). The molecule has 1 saturated heterocycles. The summed E-state index contributed by atoms with van der Waals surface area (Å²) in [5.74, 6) is -0.377. The lowest BCUT2D eigenvalue weighted by Gasteiger charge is -2.31. The lowest BCUT2D eigenvalue weighted by Crippen LogP contribution is -2.35. The summed E-state index contributed by atoms with van der Waals surface area (Å²) in [5.41, 5.74) is 6.07. The van der Waals surface area contributed by atoms with Crippen LogP contribution in [0.15, 0.2) is 91.3 Å². The summed E-state index contributed by atoms with van der Waals surface area (Å²) in [4.78, 5) is 31.8. The molecule has 1 aliphatic heterocycles. The maximum atomic E-state index is 12.9. The minimum atomic E-state index is -0.219. The molecular weight excluding hydrogens is 516 g/mol. The number of hydrogen-bond donors (Lipinski definition) is 3. The Kier molecular flexibility index (Phi) is 7.18. The van der Waals surface area contributed by atoms with Gasteiger partial charge in [0, 0.05) is 58.6 Å². The van der Waals surface area contributed by atoms with Crippen LogP contribution in [0.3, 0.4) is 0 Å². The van der Waals surface area contributed by atoms with Crippen LogP contribution < -0.4 is 15.5 Å². The van der Waals surface area contributed by atoms with E-state index in [-0.39, 0.29) is 17.9 Å². The molecule has 0 aliphatic carbocycles. The molecule has 0 atom stereocenters. The van der Waals surface area contributed by atoms with Crippen molar-refractivity contribution in [3.8, 4) is 5.69 Å². The van der Waals surface area contributed by atoms with Crippen LogP contribution in [0.4, 0.5) is 17.1 Å². The molecule has 3 heterocycles. The molecule has 1 fully saturated rings. The number of hydrogen-bond acceptors (Lipinski definition) is 6. The first-order valence-corrected chi connectivity index (χ1v) is 13.6. The number of aliphatic hydroxyl groups is 1. The molecule has 2 aromatic heterocycles. The van der Waals surface area contributed by atoms with Gasteiger partial charge >= 0.3 is 0 Å². The second-order valence-electron chi connectivity index (χ2n) is 10.2. The number of anilines is 3. The van der Waals surface area contributed by atoms with Gasteiger partial charge in [-0.1, -0.05) is 0 Å². The van der Waals surface area contributed by atoms with Crippen molar-refractivity contribution in [2.45, 2.75) is 25.9 Å². The van der Waals surface area contributed by atoms with E-state index in [0.717, 1.165) is 53.9 Å². The van der Waals surface area contributed by atoms with Crippen LogP contribution in [0.1, 0.15) is 39.3 Å². The number of benzene rings is 3. The average Bonchev–Trinajstić information content (AvgIpc) is 3.41. The first-order chi connectivity index (χ1) is 19.9. The summed E-state index contributed by atoms with van der Waals surface area (Å²) in [5, 5.41) is 21.0. The maximum absolute atomic E-state index is 12.9. The van der Waals surface area contributed by atoms with Crippen LogP contribution in [0, 0.1) is 6.92 Å². The first kappa shape index (κ1) is 26.2. The molecule has 2 amide bonds. The number of fused-ring (bicyclic) bond motifs is 1. The summed E-state index contributed by atoms with van der Waals surface area (Å²) in [6.45, 7) is 3.47. The van der Waals surface area contributed by atoms with E-state index >= 15 is 0 Å². The Balaban J connectivity index is 1.11. The molecule has 5 aromatic rings. The van der Waals surface area contributed by atoms with Crippen molar-refractivity contribution in [3.63, 3.8) is 0 Å². The number of amides is 2. The highest BCUT2D eigenvalue weighted by Gasteiger charge is 2.18. The summed E-state index contributed by atoms with van der Waals surface area (Å²) >= 11 is 0. The third-order valence-electron chi connectivity index (χ3n) is 7.31. The molecule has 9 heteroatoms. The highest BCUT2D eigenvalue weighted by atomic mass is 16.3. The number of nitrogens with one attached hydrogen (secondary N) is 2. The molecule has 6 rings (SSSR count). The molecule has 0 spiro atoms. The third-order valence-corrected chi connectivity index (χ3v) is 7.31. The Morgan fingerprint density at radius 2 is 1.46 bits per heavy atom. The number of carbonyl (C=O) groups excluding carboxylic acids is 2. The number of carbonyl (C=O) groups is 2. The van der Waals surface area contributed by atoms with Crippen molar-refractivity contribution in [2.24, 2.45) is 0 Å². The molecule has 41 heavy (non-hydrogen) atoms. The molecule has 0 bridgehead atoms. The van der Waals surface area contributed by atoms with Crippen molar-refractivity contribution >= 4 is 39.8 Å². The molecule has 9 nitrogen and oxygen atoms in total. The normalized spacial score (nSPS) is 13.8. The summed E-state index contributed by atoms with van der Waals surface area (Å²) in [6.07, 6.45) is 4.68. The van der Waals surface area contributed by atoms with Crippen LogP contribution in [0.5, 0.6) is 0 Å². The van der Waals surface area contributed by atoms with Crippen molar-refractivity contribution in [3.05, 3.63) is 108 Å². The minimum absolute atomic E-state index is 0.183. The molecule has 0 radical (unpaired) electrons. The number of nitrogens with zero attached hydrogens (tertiary/aromatic N) is 4. The lowest BCUT2D eigenvalue weighted by molar-refractivity contribution is 0.101. The monoisotopic (exact) mass is 546 g/mol. The van der Waals surface area contributed by atoms with Gasteiger partial charge in [0.05, 0.1) is 23.5 Å². The Labute approximate surface area is 237 Å². The number of aromatic nitrogens is 3. The Bertz CT molecular complexity index is 1700. The smallest absolute Gasteiger partial charge is 0.255 e. The zero-order chi connectivity index (χ0) is 28.3. The van der Waals surface area contributed by atoms with Crippen molar-refractivity contribution < 1.29 is 14.7 Å². The number of rotatable bonds is 6. The van der Waals surface area contributed by atoms with Gasteiger partial charge in [-0.3, -0.25) is 14.6 Å².